The van der Waals surface area contributed by atoms with Gasteiger partial charge in [-0.25, -0.2) is 0 Å². The minimum Gasteiger partial charge on any atom is -0.379 e. The van der Waals surface area contributed by atoms with Gasteiger partial charge in [0.15, 0.2) is 0 Å². The van der Waals surface area contributed by atoms with E-state index in [0.717, 1.165) is 38.9 Å². The third-order valence-electron chi connectivity index (χ3n) is 4.23. The topological polar surface area (TPSA) is 53.7 Å². The molecule has 21 heavy (non-hydrogen) atoms. The lowest BCUT2D eigenvalue weighted by molar-refractivity contribution is 0.0106. The molecule has 0 amide bonds. The molecular formula is C17H35NO3. The molecule has 0 aliphatic heterocycles. The van der Waals surface area contributed by atoms with E-state index in [0.29, 0.717) is 26.4 Å². The van der Waals surface area contributed by atoms with Crippen LogP contribution in [0.3, 0.4) is 0 Å². The van der Waals surface area contributed by atoms with Crippen LogP contribution >= 0.6 is 0 Å². The van der Waals surface area contributed by atoms with Crippen LogP contribution in [0.4, 0.5) is 0 Å². The van der Waals surface area contributed by atoms with Gasteiger partial charge in [0.1, 0.15) is 0 Å². The Hall–Kier alpha value is -0.160. The molecule has 0 unspecified atom stereocenters. The van der Waals surface area contributed by atoms with E-state index in [1.165, 1.54) is 32.1 Å². The van der Waals surface area contributed by atoms with Crippen molar-refractivity contribution in [3.8, 4) is 0 Å². The second-order valence-electron chi connectivity index (χ2n) is 6.22. The van der Waals surface area contributed by atoms with Crippen LogP contribution in [0.15, 0.2) is 0 Å². The van der Waals surface area contributed by atoms with Gasteiger partial charge in [-0.15, -0.1) is 0 Å². The van der Waals surface area contributed by atoms with Gasteiger partial charge >= 0.3 is 0 Å². The van der Waals surface area contributed by atoms with Crippen LogP contribution in [-0.4, -0.2) is 45.2 Å². The van der Waals surface area contributed by atoms with Gasteiger partial charge in [-0.3, -0.25) is 0 Å². The predicted molar refractivity (Wildman–Crippen MR) is 86.6 cm³/mol. The molecule has 0 spiro atoms. The lowest BCUT2D eigenvalue weighted by Gasteiger charge is -2.27. The maximum atomic E-state index is 6.45. The molecule has 1 rings (SSSR count). The number of hydrogen-bond acceptors (Lipinski definition) is 4. The largest absolute Gasteiger partial charge is 0.379 e. The first-order valence-corrected chi connectivity index (χ1v) is 8.79. The van der Waals surface area contributed by atoms with Crippen molar-refractivity contribution in [3.63, 3.8) is 0 Å². The Morgan fingerprint density at radius 2 is 1.29 bits per heavy atom. The summed E-state index contributed by atoms with van der Waals surface area (Å²) in [5.74, 6) is 0. The molecule has 0 atom stereocenters. The van der Waals surface area contributed by atoms with Crippen molar-refractivity contribution in [1.82, 2.24) is 0 Å². The van der Waals surface area contributed by atoms with Crippen molar-refractivity contribution in [2.24, 2.45) is 5.73 Å². The van der Waals surface area contributed by atoms with E-state index in [1.807, 2.05) is 0 Å². The Morgan fingerprint density at radius 3 is 1.86 bits per heavy atom. The molecule has 2 N–H and O–H groups in total. The van der Waals surface area contributed by atoms with Crippen molar-refractivity contribution in [2.45, 2.75) is 70.3 Å². The second kappa shape index (κ2) is 12.4. The number of unbranched alkanes of at least 4 members (excludes halogenated alkanes) is 1. The summed E-state index contributed by atoms with van der Waals surface area (Å²) in [6.45, 7) is 6.42. The highest BCUT2D eigenvalue weighted by Crippen LogP contribution is 2.27. The number of ether oxygens (including phenoxy) is 3. The molecule has 1 fully saturated rings. The van der Waals surface area contributed by atoms with Crippen LogP contribution < -0.4 is 5.73 Å². The van der Waals surface area contributed by atoms with E-state index in [9.17, 15) is 0 Å². The van der Waals surface area contributed by atoms with E-state index in [2.05, 4.69) is 6.92 Å². The fourth-order valence-corrected chi connectivity index (χ4v) is 2.75. The first-order chi connectivity index (χ1) is 10.3. The van der Waals surface area contributed by atoms with Crippen LogP contribution in [0.5, 0.6) is 0 Å². The number of nitrogens with two attached hydrogens (primary N) is 1. The van der Waals surface area contributed by atoms with E-state index in [1.54, 1.807) is 0 Å². The molecule has 126 valence electrons. The summed E-state index contributed by atoms with van der Waals surface area (Å²) in [5, 5.41) is 0. The normalized spacial score (nSPS) is 18.6. The molecule has 0 aromatic heterocycles. The van der Waals surface area contributed by atoms with Crippen molar-refractivity contribution in [3.05, 3.63) is 0 Å². The summed E-state index contributed by atoms with van der Waals surface area (Å²) in [6, 6.07) is 0. The predicted octanol–water partition coefficient (Wildman–Crippen LogP) is 3.28. The van der Waals surface area contributed by atoms with Crippen LogP contribution in [-0.2, 0) is 14.2 Å². The lowest BCUT2D eigenvalue weighted by atomic mass is 9.88. The molecular weight excluding hydrogens is 266 g/mol. The summed E-state index contributed by atoms with van der Waals surface area (Å²) >= 11 is 0. The van der Waals surface area contributed by atoms with Crippen LogP contribution in [0, 0.1) is 0 Å². The third-order valence-corrected chi connectivity index (χ3v) is 4.23. The van der Waals surface area contributed by atoms with Gasteiger partial charge in [-0.1, -0.05) is 39.0 Å². The van der Waals surface area contributed by atoms with Crippen LogP contribution in [0.2, 0.25) is 0 Å². The van der Waals surface area contributed by atoms with E-state index in [4.69, 9.17) is 19.9 Å². The Bertz CT molecular complexity index is 228. The molecule has 0 aromatic rings. The first kappa shape index (κ1) is 18.9. The maximum absolute atomic E-state index is 6.45. The molecule has 0 aromatic carbocycles. The first-order valence-electron chi connectivity index (χ1n) is 8.79. The highest BCUT2D eigenvalue weighted by Gasteiger charge is 2.25. The SMILES string of the molecule is CCCCOCCOCCOCCC1(N)CCCCCC1. The fourth-order valence-electron chi connectivity index (χ4n) is 2.75. The number of hydrogen-bond donors (Lipinski definition) is 1. The molecule has 4 heteroatoms. The summed E-state index contributed by atoms with van der Waals surface area (Å²) in [5.41, 5.74) is 6.47. The van der Waals surface area contributed by atoms with Crippen molar-refractivity contribution < 1.29 is 14.2 Å². The van der Waals surface area contributed by atoms with E-state index in [-0.39, 0.29) is 5.54 Å². The maximum Gasteiger partial charge on any atom is 0.0701 e. The minimum absolute atomic E-state index is 0.0183. The standard InChI is InChI=1S/C17H35NO3/c1-2-3-11-19-13-15-21-16-14-20-12-10-17(18)8-6-4-5-7-9-17/h2-16,18H2,1H3. The zero-order valence-corrected chi connectivity index (χ0v) is 13.9. The van der Waals surface area contributed by atoms with Gasteiger partial charge in [0, 0.05) is 18.8 Å². The number of rotatable bonds is 12. The quantitative estimate of drug-likeness (QED) is 0.444. The lowest BCUT2D eigenvalue weighted by Crippen LogP contribution is -2.40. The summed E-state index contributed by atoms with van der Waals surface area (Å²) in [6.07, 6.45) is 10.8. The van der Waals surface area contributed by atoms with Gasteiger partial charge < -0.3 is 19.9 Å². The zero-order chi connectivity index (χ0) is 15.2. The summed E-state index contributed by atoms with van der Waals surface area (Å²) in [4.78, 5) is 0. The Balaban J connectivity index is 1.85. The summed E-state index contributed by atoms with van der Waals surface area (Å²) in [7, 11) is 0. The molecule has 0 radical (unpaired) electrons. The average molecular weight is 301 g/mol. The average Bonchev–Trinajstić information content (AvgIpc) is 2.70. The Labute approximate surface area is 130 Å². The third kappa shape index (κ3) is 10.2. The minimum atomic E-state index is 0.0183. The second-order valence-corrected chi connectivity index (χ2v) is 6.22. The van der Waals surface area contributed by atoms with E-state index >= 15 is 0 Å². The Kier molecular flexibility index (Phi) is 11.1. The van der Waals surface area contributed by atoms with Crippen molar-refractivity contribution in [1.29, 1.82) is 0 Å². The highest BCUT2D eigenvalue weighted by molar-refractivity contribution is 4.85. The molecule has 1 aliphatic carbocycles. The van der Waals surface area contributed by atoms with Gasteiger partial charge in [0.25, 0.3) is 0 Å². The van der Waals surface area contributed by atoms with Gasteiger partial charge in [-0.05, 0) is 25.7 Å². The van der Waals surface area contributed by atoms with Crippen LogP contribution in [0.1, 0.15) is 64.7 Å². The van der Waals surface area contributed by atoms with Crippen molar-refractivity contribution in [2.75, 3.05) is 39.6 Å². The van der Waals surface area contributed by atoms with Crippen LogP contribution in [0.25, 0.3) is 0 Å². The van der Waals surface area contributed by atoms with E-state index < -0.39 is 0 Å². The zero-order valence-electron chi connectivity index (χ0n) is 13.9. The molecule has 0 bridgehead atoms. The molecule has 1 saturated carbocycles. The monoisotopic (exact) mass is 301 g/mol. The highest BCUT2D eigenvalue weighted by atomic mass is 16.5. The molecule has 0 heterocycles. The molecule has 1 aliphatic rings. The molecule has 4 nitrogen and oxygen atoms in total. The smallest absolute Gasteiger partial charge is 0.0701 e. The van der Waals surface area contributed by atoms with Gasteiger partial charge in [0.05, 0.1) is 26.4 Å². The van der Waals surface area contributed by atoms with Gasteiger partial charge in [0.2, 0.25) is 0 Å². The Morgan fingerprint density at radius 1 is 0.762 bits per heavy atom. The van der Waals surface area contributed by atoms with Crippen molar-refractivity contribution >= 4 is 0 Å². The fraction of sp³-hybridized carbons (Fsp3) is 1.00. The summed E-state index contributed by atoms with van der Waals surface area (Å²) < 4.78 is 16.5. The van der Waals surface area contributed by atoms with Gasteiger partial charge in [-0.2, -0.15) is 0 Å². The molecule has 0 saturated heterocycles.